The van der Waals surface area contributed by atoms with Gasteiger partial charge in [-0.05, 0) is 86.9 Å². The van der Waals surface area contributed by atoms with Crippen molar-refractivity contribution < 1.29 is 32.2 Å². The Hall–Kier alpha value is -3.07. The lowest BCUT2D eigenvalue weighted by molar-refractivity contribution is -0.150. The number of benzene rings is 2. The van der Waals surface area contributed by atoms with E-state index in [1.54, 1.807) is 4.90 Å². The van der Waals surface area contributed by atoms with Crippen molar-refractivity contribution in [3.8, 4) is 5.75 Å². The molecule has 2 aliphatic heterocycles. The molecule has 0 bridgehead atoms. The minimum atomic E-state index is -4.45. The van der Waals surface area contributed by atoms with Crippen LogP contribution in [0, 0.1) is 11.3 Å². The highest BCUT2D eigenvalue weighted by Gasteiger charge is 2.51. The van der Waals surface area contributed by atoms with Crippen molar-refractivity contribution in [1.29, 1.82) is 0 Å². The number of alkyl halides is 3. The number of hydrogen-bond donors (Lipinski definition) is 0. The van der Waals surface area contributed by atoms with E-state index < -0.39 is 17.2 Å². The Kier molecular flexibility index (Phi) is 7.88. The molecular formula is C31H37F3N2O4. The lowest BCUT2D eigenvalue weighted by Gasteiger charge is -2.41. The molecule has 0 aromatic heterocycles. The second kappa shape index (κ2) is 11.1. The predicted molar refractivity (Wildman–Crippen MR) is 144 cm³/mol. The highest BCUT2D eigenvalue weighted by Crippen LogP contribution is 2.49. The monoisotopic (exact) mass is 558 g/mol. The summed E-state index contributed by atoms with van der Waals surface area (Å²) in [7, 11) is 1.40. The first-order valence-corrected chi connectivity index (χ1v) is 14.1. The van der Waals surface area contributed by atoms with Crippen molar-refractivity contribution in [1.82, 2.24) is 9.80 Å². The van der Waals surface area contributed by atoms with Crippen molar-refractivity contribution in [2.75, 3.05) is 26.9 Å². The zero-order chi connectivity index (χ0) is 28.7. The average molecular weight is 559 g/mol. The molecule has 0 spiro atoms. The van der Waals surface area contributed by atoms with E-state index in [4.69, 9.17) is 9.47 Å². The Balaban J connectivity index is 1.26. The summed E-state index contributed by atoms with van der Waals surface area (Å²) in [6.07, 6.45) is -0.244. The maximum Gasteiger partial charge on any atom is 0.416 e. The van der Waals surface area contributed by atoms with Gasteiger partial charge in [-0.3, -0.25) is 4.79 Å². The zero-order valence-electron chi connectivity index (χ0n) is 23.3. The third kappa shape index (κ3) is 5.32. The molecule has 2 aromatic carbocycles. The number of ether oxygens (including phenoxy) is 2. The van der Waals surface area contributed by atoms with E-state index in [0.717, 1.165) is 62.9 Å². The molecule has 2 fully saturated rings. The van der Waals surface area contributed by atoms with E-state index in [9.17, 15) is 22.8 Å². The third-order valence-electron chi connectivity index (χ3n) is 9.32. The lowest BCUT2D eigenvalue weighted by Crippen LogP contribution is -2.49. The van der Waals surface area contributed by atoms with Crippen LogP contribution in [-0.4, -0.2) is 54.6 Å². The van der Waals surface area contributed by atoms with Gasteiger partial charge in [-0.15, -0.1) is 0 Å². The number of amides is 1. The van der Waals surface area contributed by atoms with Gasteiger partial charge in [0.2, 0.25) is 5.91 Å². The van der Waals surface area contributed by atoms with E-state index in [-0.39, 0.29) is 43.0 Å². The zero-order valence-corrected chi connectivity index (χ0v) is 23.3. The molecule has 40 heavy (non-hydrogen) atoms. The van der Waals surface area contributed by atoms with Gasteiger partial charge in [-0.1, -0.05) is 32.0 Å². The van der Waals surface area contributed by atoms with E-state index in [1.165, 1.54) is 13.2 Å². The molecule has 9 heteroatoms. The fraction of sp³-hybridized carbons (Fsp3) is 0.548. The van der Waals surface area contributed by atoms with Gasteiger partial charge in [-0.2, -0.15) is 13.2 Å². The van der Waals surface area contributed by atoms with Gasteiger partial charge in [0.15, 0.2) is 6.73 Å². The molecule has 0 unspecified atom stereocenters. The number of methoxy groups -OCH3 is 1. The number of fused-ring (bicyclic) bond motifs is 1. The van der Waals surface area contributed by atoms with Gasteiger partial charge in [0, 0.05) is 11.6 Å². The molecule has 5 rings (SSSR count). The molecule has 1 saturated heterocycles. The number of halogens is 3. The highest BCUT2D eigenvalue weighted by molar-refractivity contribution is 5.91. The highest BCUT2D eigenvalue weighted by atomic mass is 19.4. The molecule has 1 amide bonds. The molecular weight excluding hydrogens is 521 g/mol. The summed E-state index contributed by atoms with van der Waals surface area (Å²) in [4.78, 5) is 30.4. The van der Waals surface area contributed by atoms with E-state index in [0.29, 0.717) is 16.9 Å². The van der Waals surface area contributed by atoms with Gasteiger partial charge in [0.25, 0.3) is 0 Å². The smallest absolute Gasteiger partial charge is 0.416 e. The standard InChI is InChI=1S/C31H37F3N2O4/c1-20(2)30(29(38)36-18-22-16-23(31(32,33)34)8-9-27(22)40-19-36)13-10-24(17-30)35-14-11-21(12-15-35)25-6-4-5-7-26(25)28(37)39-3/h4-9,16,20-21,24H,10-15,17-19H2,1-3H3/t24-,30+/m1/s1. The maximum absolute atomic E-state index is 14.0. The van der Waals surface area contributed by atoms with Crippen molar-refractivity contribution >= 4 is 11.9 Å². The van der Waals surface area contributed by atoms with Crippen LogP contribution in [0.25, 0.3) is 0 Å². The topological polar surface area (TPSA) is 59.1 Å². The van der Waals surface area contributed by atoms with E-state index >= 15 is 0 Å². The molecule has 0 N–H and O–H groups in total. The Morgan fingerprint density at radius 2 is 1.80 bits per heavy atom. The Morgan fingerprint density at radius 3 is 2.48 bits per heavy atom. The number of rotatable bonds is 5. The first-order valence-electron chi connectivity index (χ1n) is 14.1. The minimum Gasteiger partial charge on any atom is -0.473 e. The van der Waals surface area contributed by atoms with Crippen molar-refractivity contribution in [2.24, 2.45) is 11.3 Å². The van der Waals surface area contributed by atoms with Crippen LogP contribution in [0.1, 0.15) is 78.9 Å². The molecule has 1 saturated carbocycles. The van der Waals surface area contributed by atoms with Crippen molar-refractivity contribution in [3.05, 3.63) is 64.7 Å². The van der Waals surface area contributed by atoms with Crippen LogP contribution in [0.5, 0.6) is 5.75 Å². The average Bonchev–Trinajstić information content (AvgIpc) is 3.42. The summed E-state index contributed by atoms with van der Waals surface area (Å²) in [5, 5.41) is 0. The molecule has 216 valence electrons. The summed E-state index contributed by atoms with van der Waals surface area (Å²) in [5.74, 6) is 0.411. The second-order valence-electron chi connectivity index (χ2n) is 11.7. The number of esters is 1. The molecule has 2 aromatic rings. The molecule has 0 radical (unpaired) electrons. The van der Waals surface area contributed by atoms with Crippen LogP contribution < -0.4 is 4.74 Å². The number of carbonyl (C=O) groups excluding carboxylic acids is 2. The van der Waals surface area contributed by atoms with Crippen LogP contribution in [0.15, 0.2) is 42.5 Å². The first kappa shape index (κ1) is 28.5. The predicted octanol–water partition coefficient (Wildman–Crippen LogP) is 6.25. The number of carbonyl (C=O) groups is 2. The van der Waals surface area contributed by atoms with Crippen LogP contribution in [0.3, 0.4) is 0 Å². The van der Waals surface area contributed by atoms with E-state index in [1.807, 2.05) is 24.3 Å². The summed E-state index contributed by atoms with van der Waals surface area (Å²) in [6.45, 7) is 6.05. The maximum atomic E-state index is 14.0. The lowest BCUT2D eigenvalue weighted by atomic mass is 9.74. The minimum absolute atomic E-state index is 0.0325. The van der Waals surface area contributed by atoms with Gasteiger partial charge in [-0.25, -0.2) is 4.79 Å². The van der Waals surface area contributed by atoms with Gasteiger partial charge >= 0.3 is 12.1 Å². The van der Waals surface area contributed by atoms with Gasteiger partial charge in [0.1, 0.15) is 5.75 Å². The molecule has 6 nitrogen and oxygen atoms in total. The summed E-state index contributed by atoms with van der Waals surface area (Å²) < 4.78 is 50.6. The van der Waals surface area contributed by atoms with Crippen LogP contribution in [-0.2, 0) is 22.3 Å². The fourth-order valence-electron chi connectivity index (χ4n) is 6.91. The van der Waals surface area contributed by atoms with Crippen molar-refractivity contribution in [2.45, 2.75) is 70.6 Å². The Labute approximate surface area is 233 Å². The van der Waals surface area contributed by atoms with Crippen LogP contribution >= 0.6 is 0 Å². The summed E-state index contributed by atoms with van der Waals surface area (Å²) >= 11 is 0. The first-order chi connectivity index (χ1) is 19.0. The number of hydrogen-bond acceptors (Lipinski definition) is 5. The Morgan fingerprint density at radius 1 is 1.07 bits per heavy atom. The molecule has 2 atom stereocenters. The summed E-state index contributed by atoms with van der Waals surface area (Å²) in [5.41, 5.74) is 0.729. The molecule has 1 aliphatic carbocycles. The Bertz CT molecular complexity index is 1260. The number of nitrogens with zero attached hydrogens (tertiary/aromatic N) is 2. The van der Waals surface area contributed by atoms with Gasteiger partial charge < -0.3 is 19.3 Å². The SMILES string of the molecule is COC(=O)c1ccccc1C1CCN([C@@H]2CC[C@@](C(=O)N3COc4ccc(C(F)(F)F)cc4C3)(C(C)C)C2)CC1. The van der Waals surface area contributed by atoms with Gasteiger partial charge in [0.05, 0.1) is 30.2 Å². The normalized spacial score (nSPS) is 24.1. The quantitative estimate of drug-likeness (QED) is 0.407. The number of piperidine rings is 1. The number of likely N-dealkylation sites (tertiary alicyclic amines) is 1. The van der Waals surface area contributed by atoms with E-state index in [2.05, 4.69) is 18.7 Å². The molecule has 2 heterocycles. The largest absolute Gasteiger partial charge is 0.473 e. The fourth-order valence-corrected chi connectivity index (χ4v) is 6.91. The van der Waals surface area contributed by atoms with Crippen LogP contribution in [0.4, 0.5) is 13.2 Å². The second-order valence-corrected chi connectivity index (χ2v) is 11.7. The van der Waals surface area contributed by atoms with Crippen molar-refractivity contribution in [3.63, 3.8) is 0 Å². The third-order valence-corrected chi connectivity index (χ3v) is 9.32. The van der Waals surface area contributed by atoms with Crippen LogP contribution in [0.2, 0.25) is 0 Å². The summed E-state index contributed by atoms with van der Waals surface area (Å²) in [6, 6.07) is 11.4. The molecule has 3 aliphatic rings.